The van der Waals surface area contributed by atoms with Crippen LogP contribution in [0, 0.1) is 0 Å². The zero-order valence-electron chi connectivity index (χ0n) is 9.80. The van der Waals surface area contributed by atoms with Crippen LogP contribution < -0.4 is 10.1 Å². The van der Waals surface area contributed by atoms with Crippen LogP contribution in [-0.2, 0) is 4.79 Å². The van der Waals surface area contributed by atoms with E-state index in [4.69, 9.17) is 16.3 Å². The van der Waals surface area contributed by atoms with Crippen LogP contribution in [0.2, 0.25) is 5.02 Å². The fourth-order valence-electron chi connectivity index (χ4n) is 1.15. The van der Waals surface area contributed by atoms with Gasteiger partial charge in [0.2, 0.25) is 0 Å². The van der Waals surface area contributed by atoms with Gasteiger partial charge in [0, 0.05) is 10.5 Å². The molecule has 1 rings (SSSR count). The van der Waals surface area contributed by atoms with E-state index in [1.165, 1.54) is 0 Å². The van der Waals surface area contributed by atoms with E-state index in [-0.39, 0.29) is 18.6 Å². The first kappa shape index (κ1) is 14.3. The molecule has 17 heavy (non-hydrogen) atoms. The highest BCUT2D eigenvalue weighted by molar-refractivity contribution is 9.10. The maximum absolute atomic E-state index is 11.5. The van der Waals surface area contributed by atoms with Crippen molar-refractivity contribution in [2.75, 3.05) is 6.61 Å². The van der Waals surface area contributed by atoms with Gasteiger partial charge >= 0.3 is 0 Å². The second kappa shape index (κ2) is 6.87. The highest BCUT2D eigenvalue weighted by Gasteiger charge is 2.08. The molecule has 1 amide bonds. The first-order valence-electron chi connectivity index (χ1n) is 5.40. The summed E-state index contributed by atoms with van der Waals surface area (Å²) in [6.45, 7) is 3.94. The molecule has 0 aliphatic carbocycles. The molecule has 0 radical (unpaired) electrons. The molecule has 0 aliphatic heterocycles. The minimum atomic E-state index is -0.140. The van der Waals surface area contributed by atoms with Gasteiger partial charge in [-0.15, -0.1) is 0 Å². The molecule has 0 heterocycles. The van der Waals surface area contributed by atoms with E-state index in [9.17, 15) is 4.79 Å². The van der Waals surface area contributed by atoms with Crippen LogP contribution in [0.1, 0.15) is 20.3 Å². The molecular formula is C12H15BrClNO2. The Kier molecular flexibility index (Phi) is 5.78. The lowest BCUT2D eigenvalue weighted by molar-refractivity contribution is -0.123. The number of carbonyl (C=O) groups excluding carboxylic acids is 1. The number of amides is 1. The van der Waals surface area contributed by atoms with E-state index < -0.39 is 0 Å². The molecule has 0 saturated heterocycles. The highest BCUT2D eigenvalue weighted by Crippen LogP contribution is 2.27. The summed E-state index contributed by atoms with van der Waals surface area (Å²) in [7, 11) is 0. The SMILES string of the molecule is CCC(C)NC(=O)COc1ccc(Br)cc1Cl. The van der Waals surface area contributed by atoms with Gasteiger partial charge in [-0.05, 0) is 31.5 Å². The summed E-state index contributed by atoms with van der Waals surface area (Å²) in [5.74, 6) is 0.368. The van der Waals surface area contributed by atoms with Crippen LogP contribution in [0.25, 0.3) is 0 Å². The predicted molar refractivity (Wildman–Crippen MR) is 72.5 cm³/mol. The second-order valence-electron chi connectivity index (χ2n) is 3.74. The van der Waals surface area contributed by atoms with Crippen LogP contribution in [0.3, 0.4) is 0 Å². The maximum Gasteiger partial charge on any atom is 0.258 e. The molecule has 3 nitrogen and oxygen atoms in total. The van der Waals surface area contributed by atoms with Crippen molar-refractivity contribution in [2.45, 2.75) is 26.3 Å². The Hall–Kier alpha value is -0.740. The van der Waals surface area contributed by atoms with Gasteiger partial charge in [0.05, 0.1) is 5.02 Å². The number of hydrogen-bond donors (Lipinski definition) is 1. The van der Waals surface area contributed by atoms with Crippen molar-refractivity contribution >= 4 is 33.4 Å². The first-order chi connectivity index (χ1) is 8.02. The standard InChI is InChI=1S/C12H15BrClNO2/c1-3-8(2)15-12(16)7-17-11-5-4-9(13)6-10(11)14/h4-6,8H,3,7H2,1-2H3,(H,15,16). The molecule has 0 saturated carbocycles. The third-order valence-corrected chi connectivity index (χ3v) is 3.06. The molecule has 1 unspecified atom stereocenters. The molecule has 1 atom stereocenters. The van der Waals surface area contributed by atoms with Gasteiger partial charge in [0.25, 0.3) is 5.91 Å². The largest absolute Gasteiger partial charge is 0.482 e. The molecule has 1 aromatic rings. The fourth-order valence-corrected chi connectivity index (χ4v) is 1.88. The molecule has 94 valence electrons. The molecule has 1 N–H and O–H groups in total. The van der Waals surface area contributed by atoms with Gasteiger partial charge in [-0.25, -0.2) is 0 Å². The number of ether oxygens (including phenoxy) is 1. The molecule has 0 aliphatic rings. The molecule has 0 aromatic heterocycles. The van der Waals surface area contributed by atoms with Gasteiger partial charge < -0.3 is 10.1 Å². The van der Waals surface area contributed by atoms with Crippen LogP contribution in [-0.4, -0.2) is 18.6 Å². The van der Waals surface area contributed by atoms with Crippen molar-refractivity contribution in [3.05, 3.63) is 27.7 Å². The molecule has 1 aromatic carbocycles. The van der Waals surface area contributed by atoms with Gasteiger partial charge in [0.1, 0.15) is 5.75 Å². The maximum atomic E-state index is 11.5. The number of nitrogens with one attached hydrogen (secondary N) is 1. The van der Waals surface area contributed by atoms with Crippen molar-refractivity contribution in [2.24, 2.45) is 0 Å². The molecule has 0 fully saturated rings. The zero-order valence-corrected chi connectivity index (χ0v) is 12.1. The van der Waals surface area contributed by atoms with Gasteiger partial charge in [-0.1, -0.05) is 34.5 Å². The Balaban J connectivity index is 2.47. The summed E-state index contributed by atoms with van der Waals surface area (Å²) >= 11 is 9.26. The van der Waals surface area contributed by atoms with Crippen molar-refractivity contribution in [3.8, 4) is 5.75 Å². The van der Waals surface area contributed by atoms with Gasteiger partial charge in [-0.3, -0.25) is 4.79 Å². The van der Waals surface area contributed by atoms with Crippen molar-refractivity contribution < 1.29 is 9.53 Å². The Morgan fingerprint density at radius 2 is 2.29 bits per heavy atom. The quantitative estimate of drug-likeness (QED) is 0.903. The van der Waals surface area contributed by atoms with Crippen molar-refractivity contribution in [1.82, 2.24) is 5.32 Å². The van der Waals surface area contributed by atoms with Crippen LogP contribution >= 0.6 is 27.5 Å². The minimum Gasteiger partial charge on any atom is -0.482 e. The lowest BCUT2D eigenvalue weighted by Crippen LogP contribution is -2.35. The number of halogens is 2. The lowest BCUT2D eigenvalue weighted by atomic mass is 10.2. The Morgan fingerprint density at radius 3 is 2.88 bits per heavy atom. The molecule has 0 bridgehead atoms. The number of rotatable bonds is 5. The van der Waals surface area contributed by atoms with Crippen LogP contribution in [0.4, 0.5) is 0 Å². The molecular weight excluding hydrogens is 305 g/mol. The fraction of sp³-hybridized carbons (Fsp3) is 0.417. The van der Waals surface area contributed by atoms with Crippen LogP contribution in [0.5, 0.6) is 5.75 Å². The summed E-state index contributed by atoms with van der Waals surface area (Å²) in [4.78, 5) is 11.5. The van der Waals surface area contributed by atoms with E-state index in [1.54, 1.807) is 12.1 Å². The van der Waals surface area contributed by atoms with E-state index >= 15 is 0 Å². The highest BCUT2D eigenvalue weighted by atomic mass is 79.9. The Bertz CT molecular complexity index is 398. The summed E-state index contributed by atoms with van der Waals surface area (Å²) in [5.41, 5.74) is 0. The van der Waals surface area contributed by atoms with E-state index in [2.05, 4.69) is 21.2 Å². The van der Waals surface area contributed by atoms with Gasteiger partial charge in [0.15, 0.2) is 6.61 Å². The first-order valence-corrected chi connectivity index (χ1v) is 6.57. The average molecular weight is 321 g/mol. The molecule has 0 spiro atoms. The van der Waals surface area contributed by atoms with Crippen LogP contribution in [0.15, 0.2) is 22.7 Å². The minimum absolute atomic E-state index is 0.0221. The Morgan fingerprint density at radius 1 is 1.59 bits per heavy atom. The molecule has 5 heteroatoms. The number of benzene rings is 1. The summed E-state index contributed by atoms with van der Waals surface area (Å²) < 4.78 is 6.21. The Labute approximate surface area is 115 Å². The number of hydrogen-bond acceptors (Lipinski definition) is 2. The summed E-state index contributed by atoms with van der Waals surface area (Å²) in [6, 6.07) is 5.42. The van der Waals surface area contributed by atoms with E-state index in [0.717, 1.165) is 10.9 Å². The summed E-state index contributed by atoms with van der Waals surface area (Å²) in [5, 5.41) is 3.30. The smallest absolute Gasteiger partial charge is 0.258 e. The lowest BCUT2D eigenvalue weighted by Gasteiger charge is -2.12. The third kappa shape index (κ3) is 4.96. The predicted octanol–water partition coefficient (Wildman–Crippen LogP) is 3.40. The average Bonchev–Trinajstić information content (AvgIpc) is 2.27. The van der Waals surface area contributed by atoms with E-state index in [1.807, 2.05) is 19.9 Å². The zero-order chi connectivity index (χ0) is 12.8. The monoisotopic (exact) mass is 319 g/mol. The number of carbonyl (C=O) groups is 1. The van der Waals surface area contributed by atoms with E-state index in [0.29, 0.717) is 10.8 Å². The summed E-state index contributed by atoms with van der Waals surface area (Å²) in [6.07, 6.45) is 0.894. The normalized spacial score (nSPS) is 12.0. The van der Waals surface area contributed by atoms with Crippen molar-refractivity contribution in [3.63, 3.8) is 0 Å². The third-order valence-electron chi connectivity index (χ3n) is 2.27. The van der Waals surface area contributed by atoms with Crippen molar-refractivity contribution in [1.29, 1.82) is 0 Å². The van der Waals surface area contributed by atoms with Gasteiger partial charge in [-0.2, -0.15) is 0 Å². The second-order valence-corrected chi connectivity index (χ2v) is 5.06. The topological polar surface area (TPSA) is 38.3 Å².